The van der Waals surface area contributed by atoms with Crippen LogP contribution in [0.4, 0.5) is 10.8 Å². The molecule has 4 nitrogen and oxygen atoms in total. The van der Waals surface area contributed by atoms with Crippen LogP contribution < -0.4 is 10.1 Å². The molecule has 3 aromatic rings. The van der Waals surface area contributed by atoms with E-state index in [0.717, 1.165) is 32.3 Å². The van der Waals surface area contributed by atoms with Crippen molar-refractivity contribution in [2.75, 3.05) is 12.4 Å². The maximum Gasteiger partial charge on any atom is 0.188 e. The molecule has 1 aromatic heterocycles. The minimum Gasteiger partial charge on any atom is -0.497 e. The predicted octanol–water partition coefficient (Wildman–Crippen LogP) is 4.23. The molecule has 3 rings (SSSR count). The average molecular weight is 295 g/mol. The molecule has 1 N–H and O–H groups in total. The van der Waals surface area contributed by atoms with E-state index >= 15 is 0 Å². The molecular formula is C16H13N3OS. The van der Waals surface area contributed by atoms with Crippen molar-refractivity contribution in [3.63, 3.8) is 0 Å². The summed E-state index contributed by atoms with van der Waals surface area (Å²) in [6.07, 6.45) is 0. The number of aryl methyl sites for hydroxylation is 1. The topological polar surface area (TPSA) is 57.9 Å². The maximum atomic E-state index is 8.99. The fourth-order valence-corrected chi connectivity index (χ4v) is 2.93. The van der Waals surface area contributed by atoms with E-state index in [4.69, 9.17) is 10.00 Å². The molecular weight excluding hydrogens is 282 g/mol. The van der Waals surface area contributed by atoms with Crippen LogP contribution in [-0.4, -0.2) is 12.1 Å². The summed E-state index contributed by atoms with van der Waals surface area (Å²) in [4.78, 5) is 4.55. The zero-order chi connectivity index (χ0) is 14.8. The lowest BCUT2D eigenvalue weighted by molar-refractivity contribution is 0.415. The van der Waals surface area contributed by atoms with Gasteiger partial charge in [-0.1, -0.05) is 17.4 Å². The molecule has 0 bridgehead atoms. The minimum absolute atomic E-state index is 0.630. The zero-order valence-corrected chi connectivity index (χ0v) is 12.5. The summed E-state index contributed by atoms with van der Waals surface area (Å²) in [7, 11) is 1.65. The van der Waals surface area contributed by atoms with Gasteiger partial charge in [0.05, 0.1) is 29.0 Å². The van der Waals surface area contributed by atoms with Gasteiger partial charge >= 0.3 is 0 Å². The minimum atomic E-state index is 0.630. The smallest absolute Gasteiger partial charge is 0.188 e. The number of anilines is 2. The van der Waals surface area contributed by atoms with E-state index in [1.807, 2.05) is 43.3 Å². The predicted molar refractivity (Wildman–Crippen MR) is 85.3 cm³/mol. The van der Waals surface area contributed by atoms with E-state index in [0.29, 0.717) is 5.56 Å². The van der Waals surface area contributed by atoms with Gasteiger partial charge in [-0.25, -0.2) is 4.98 Å². The number of nitriles is 1. The first kappa shape index (κ1) is 13.4. The van der Waals surface area contributed by atoms with Gasteiger partial charge < -0.3 is 10.1 Å². The first-order chi connectivity index (χ1) is 10.2. The Morgan fingerprint density at radius 1 is 1.24 bits per heavy atom. The van der Waals surface area contributed by atoms with E-state index in [1.165, 1.54) is 0 Å². The van der Waals surface area contributed by atoms with E-state index in [1.54, 1.807) is 18.4 Å². The van der Waals surface area contributed by atoms with Crippen LogP contribution in [0.1, 0.15) is 11.1 Å². The second-order valence-corrected chi connectivity index (χ2v) is 5.65. The van der Waals surface area contributed by atoms with Crippen molar-refractivity contribution < 1.29 is 4.74 Å². The molecule has 0 fully saturated rings. The number of nitrogens with one attached hydrogen (secondary N) is 1. The van der Waals surface area contributed by atoms with Gasteiger partial charge in [0.15, 0.2) is 5.13 Å². The Balaban J connectivity index is 1.96. The lowest BCUT2D eigenvalue weighted by atomic mass is 10.1. The van der Waals surface area contributed by atoms with Crippen LogP contribution in [0.5, 0.6) is 5.75 Å². The first-order valence-corrected chi connectivity index (χ1v) is 7.23. The standard InChI is InChI=1S/C16H13N3OS/c1-10-3-4-11(9-17)7-14(10)19-16-18-13-6-5-12(20-2)8-15(13)21-16/h3-8H,1-2H3,(H,18,19). The van der Waals surface area contributed by atoms with Gasteiger partial charge in [-0.2, -0.15) is 5.26 Å². The fraction of sp³-hybridized carbons (Fsp3) is 0.125. The zero-order valence-electron chi connectivity index (χ0n) is 11.7. The Bertz CT molecular complexity index is 848. The largest absolute Gasteiger partial charge is 0.497 e. The molecule has 0 radical (unpaired) electrons. The van der Waals surface area contributed by atoms with E-state index in [2.05, 4.69) is 16.4 Å². The molecule has 0 spiro atoms. The van der Waals surface area contributed by atoms with Gasteiger partial charge in [0.25, 0.3) is 0 Å². The van der Waals surface area contributed by atoms with Crippen molar-refractivity contribution in [1.29, 1.82) is 5.26 Å². The number of ether oxygens (including phenoxy) is 1. The molecule has 0 amide bonds. The lowest BCUT2D eigenvalue weighted by Crippen LogP contribution is -1.93. The number of thiazole rings is 1. The SMILES string of the molecule is COc1ccc2nc(Nc3cc(C#N)ccc3C)sc2c1. The lowest BCUT2D eigenvalue weighted by Gasteiger charge is -2.06. The molecule has 2 aromatic carbocycles. The molecule has 0 unspecified atom stereocenters. The Kier molecular flexibility index (Phi) is 3.46. The summed E-state index contributed by atoms with van der Waals surface area (Å²) in [6.45, 7) is 2.00. The summed E-state index contributed by atoms with van der Waals surface area (Å²) in [6, 6.07) is 13.5. The highest BCUT2D eigenvalue weighted by Crippen LogP contribution is 2.31. The van der Waals surface area contributed by atoms with Crippen molar-refractivity contribution >= 4 is 32.4 Å². The monoisotopic (exact) mass is 295 g/mol. The Morgan fingerprint density at radius 3 is 2.86 bits per heavy atom. The van der Waals surface area contributed by atoms with Crippen LogP contribution in [-0.2, 0) is 0 Å². The molecule has 0 aliphatic heterocycles. The van der Waals surface area contributed by atoms with Crippen LogP contribution in [0.2, 0.25) is 0 Å². The molecule has 0 saturated heterocycles. The number of hydrogen-bond acceptors (Lipinski definition) is 5. The fourth-order valence-electron chi connectivity index (χ4n) is 2.03. The number of benzene rings is 2. The Hall–Kier alpha value is -2.58. The van der Waals surface area contributed by atoms with Crippen molar-refractivity contribution in [2.45, 2.75) is 6.92 Å². The highest BCUT2D eigenvalue weighted by atomic mass is 32.1. The van der Waals surface area contributed by atoms with Crippen molar-refractivity contribution in [3.05, 3.63) is 47.5 Å². The van der Waals surface area contributed by atoms with Gasteiger partial charge in [-0.15, -0.1) is 0 Å². The molecule has 0 aliphatic rings. The highest BCUT2D eigenvalue weighted by Gasteiger charge is 2.07. The third kappa shape index (κ3) is 2.67. The number of nitrogens with zero attached hydrogens (tertiary/aromatic N) is 2. The van der Waals surface area contributed by atoms with Crippen molar-refractivity contribution in [1.82, 2.24) is 4.98 Å². The summed E-state index contributed by atoms with van der Waals surface area (Å²) in [5.41, 5.74) is 3.54. The van der Waals surface area contributed by atoms with Crippen LogP contribution in [0.15, 0.2) is 36.4 Å². The molecule has 21 heavy (non-hydrogen) atoms. The number of methoxy groups -OCH3 is 1. The van der Waals surface area contributed by atoms with Crippen LogP contribution in [0.3, 0.4) is 0 Å². The molecule has 0 saturated carbocycles. The van der Waals surface area contributed by atoms with E-state index in [9.17, 15) is 0 Å². The van der Waals surface area contributed by atoms with Crippen LogP contribution >= 0.6 is 11.3 Å². The summed E-state index contributed by atoms with van der Waals surface area (Å²) < 4.78 is 6.28. The summed E-state index contributed by atoms with van der Waals surface area (Å²) in [5, 5.41) is 13.1. The summed E-state index contributed by atoms with van der Waals surface area (Å²) >= 11 is 1.56. The number of hydrogen-bond donors (Lipinski definition) is 1. The van der Waals surface area contributed by atoms with Crippen molar-refractivity contribution in [3.8, 4) is 11.8 Å². The average Bonchev–Trinajstić information content (AvgIpc) is 2.90. The first-order valence-electron chi connectivity index (χ1n) is 6.42. The van der Waals surface area contributed by atoms with E-state index < -0.39 is 0 Å². The number of fused-ring (bicyclic) bond motifs is 1. The van der Waals surface area contributed by atoms with Crippen LogP contribution in [0, 0.1) is 18.3 Å². The van der Waals surface area contributed by atoms with Crippen LogP contribution in [0.25, 0.3) is 10.2 Å². The molecule has 1 heterocycles. The maximum absolute atomic E-state index is 8.99. The van der Waals surface area contributed by atoms with Gasteiger partial charge in [-0.3, -0.25) is 0 Å². The van der Waals surface area contributed by atoms with E-state index in [-0.39, 0.29) is 0 Å². The second-order valence-electron chi connectivity index (χ2n) is 4.62. The summed E-state index contributed by atoms with van der Waals surface area (Å²) in [5.74, 6) is 0.820. The molecule has 104 valence electrons. The molecule has 0 aliphatic carbocycles. The van der Waals surface area contributed by atoms with Gasteiger partial charge in [-0.05, 0) is 42.8 Å². The third-order valence-electron chi connectivity index (χ3n) is 3.20. The normalized spacial score (nSPS) is 10.3. The molecule has 0 atom stereocenters. The quantitative estimate of drug-likeness (QED) is 0.785. The third-order valence-corrected chi connectivity index (χ3v) is 4.14. The van der Waals surface area contributed by atoms with Gasteiger partial charge in [0, 0.05) is 5.69 Å². The molecule has 5 heteroatoms. The number of aromatic nitrogens is 1. The van der Waals surface area contributed by atoms with Crippen molar-refractivity contribution in [2.24, 2.45) is 0 Å². The second kappa shape index (κ2) is 5.43. The Labute approximate surface area is 126 Å². The number of rotatable bonds is 3. The highest BCUT2D eigenvalue weighted by molar-refractivity contribution is 7.22. The van der Waals surface area contributed by atoms with Gasteiger partial charge in [0.2, 0.25) is 0 Å². The van der Waals surface area contributed by atoms with Gasteiger partial charge in [0.1, 0.15) is 5.75 Å². The Morgan fingerprint density at radius 2 is 2.10 bits per heavy atom.